The topological polar surface area (TPSA) is 178 Å². The van der Waals surface area contributed by atoms with Gasteiger partial charge in [-0.3, -0.25) is 24.0 Å². The van der Waals surface area contributed by atoms with Crippen LogP contribution >= 0.6 is 11.3 Å². The largest absolute Gasteiger partial charge is 0.480 e. The minimum Gasteiger partial charge on any atom is -0.480 e. The molecular formula is C30H38FN5O7S. The molecule has 1 saturated heterocycles. The van der Waals surface area contributed by atoms with Crippen LogP contribution in [0.15, 0.2) is 29.8 Å². The van der Waals surface area contributed by atoms with E-state index in [1.165, 1.54) is 16.2 Å². The molecule has 2 aromatic rings. The van der Waals surface area contributed by atoms with Crippen LogP contribution in [-0.2, 0) is 24.0 Å². The Kier molecular flexibility index (Phi) is 9.74. The molecule has 1 aliphatic carbocycles. The third kappa shape index (κ3) is 7.78. The van der Waals surface area contributed by atoms with Gasteiger partial charge in [0.05, 0.1) is 34.6 Å². The molecule has 1 saturated carbocycles. The van der Waals surface area contributed by atoms with Crippen molar-refractivity contribution in [3.63, 3.8) is 0 Å². The summed E-state index contributed by atoms with van der Waals surface area (Å²) < 4.78 is 14.5. The van der Waals surface area contributed by atoms with Gasteiger partial charge in [-0.05, 0) is 36.3 Å². The first-order chi connectivity index (χ1) is 20.6. The third-order valence-corrected chi connectivity index (χ3v) is 8.79. The molecule has 4 rings (SSSR count). The number of halogens is 1. The lowest BCUT2D eigenvalue weighted by Gasteiger charge is -2.36. The molecule has 238 valence electrons. The number of amides is 4. The fourth-order valence-corrected chi connectivity index (χ4v) is 5.93. The van der Waals surface area contributed by atoms with Gasteiger partial charge in [0.2, 0.25) is 17.7 Å². The Bertz CT molecular complexity index is 1420. The highest BCUT2D eigenvalue weighted by Crippen LogP contribution is 2.40. The minimum atomic E-state index is -2.01. The van der Waals surface area contributed by atoms with Gasteiger partial charge >= 0.3 is 5.97 Å². The Labute approximate surface area is 258 Å². The molecular weight excluding hydrogens is 593 g/mol. The van der Waals surface area contributed by atoms with Gasteiger partial charge in [0, 0.05) is 13.0 Å². The van der Waals surface area contributed by atoms with Crippen molar-refractivity contribution >= 4 is 40.9 Å². The first-order valence-corrected chi connectivity index (χ1v) is 15.2. The fraction of sp³-hybridized carbons (Fsp3) is 0.533. The van der Waals surface area contributed by atoms with Gasteiger partial charge in [0.15, 0.2) is 5.67 Å². The van der Waals surface area contributed by atoms with Crippen molar-refractivity contribution in [3.8, 4) is 10.4 Å². The molecule has 2 fully saturated rings. The number of carbonyl (C=O) groups excluding carboxylic acids is 4. The zero-order valence-corrected chi connectivity index (χ0v) is 25.9. The number of nitrogens with one attached hydrogen (secondary N) is 3. The molecule has 12 nitrogen and oxygen atoms in total. The molecule has 0 unspecified atom stereocenters. The Hall–Kier alpha value is -3.91. The van der Waals surface area contributed by atoms with Crippen LogP contribution in [0.1, 0.15) is 63.8 Å². The zero-order chi connectivity index (χ0) is 32.4. The number of aliphatic hydroxyl groups excluding tert-OH is 1. The van der Waals surface area contributed by atoms with Crippen LogP contribution in [0.2, 0.25) is 0 Å². The van der Waals surface area contributed by atoms with Crippen LogP contribution in [0.3, 0.4) is 0 Å². The average Bonchev–Trinajstić information content (AvgIpc) is 3.36. The van der Waals surface area contributed by atoms with Crippen molar-refractivity contribution in [1.82, 2.24) is 25.8 Å². The summed E-state index contributed by atoms with van der Waals surface area (Å²) in [5, 5.41) is 27.1. The van der Waals surface area contributed by atoms with Gasteiger partial charge in [0.1, 0.15) is 18.6 Å². The molecule has 5 N–H and O–H groups in total. The minimum absolute atomic E-state index is 0.0730. The summed E-state index contributed by atoms with van der Waals surface area (Å²) in [5.41, 5.74) is 1.19. The Balaban J connectivity index is 1.56. The van der Waals surface area contributed by atoms with Crippen molar-refractivity contribution in [2.75, 3.05) is 13.1 Å². The number of thiazole rings is 1. The monoisotopic (exact) mass is 631 g/mol. The zero-order valence-electron chi connectivity index (χ0n) is 25.1. The van der Waals surface area contributed by atoms with Crippen LogP contribution < -0.4 is 16.0 Å². The smallest absolute Gasteiger partial charge is 0.322 e. The van der Waals surface area contributed by atoms with Crippen molar-refractivity contribution < 1.29 is 38.6 Å². The van der Waals surface area contributed by atoms with Crippen molar-refractivity contribution in [2.24, 2.45) is 5.41 Å². The standard InChI is InChI=1S/C30H38FN5O7S/c1-16-24(44-15-33-16)18-7-5-17(6-8-18)20(12-22(38)32-13-23(39)40)34-26(41)21-11-19(37)14-36(21)27(42)25(29(2,3)4)35-28(43)30(31)9-10-30/h5-8,15,19-21,25,37H,9-14H2,1-4H3,(H,32,38)(H,34,41)(H,35,43)(H,39,40)/t19-,20+,21+,25-/m1/s1. The first kappa shape index (κ1) is 33.0. The van der Waals surface area contributed by atoms with Gasteiger partial charge in [0.25, 0.3) is 5.91 Å². The molecule has 1 aromatic carbocycles. The number of aliphatic carboxylic acids is 1. The highest BCUT2D eigenvalue weighted by Gasteiger charge is 2.53. The van der Waals surface area contributed by atoms with Crippen LogP contribution in [0.5, 0.6) is 0 Å². The summed E-state index contributed by atoms with van der Waals surface area (Å²) in [5.74, 6) is -3.99. The lowest BCUT2D eigenvalue weighted by molar-refractivity contribution is -0.145. The van der Waals surface area contributed by atoms with E-state index in [4.69, 9.17) is 5.11 Å². The number of carbonyl (C=O) groups is 5. The summed E-state index contributed by atoms with van der Waals surface area (Å²) in [6.07, 6.45) is -1.26. The van der Waals surface area contributed by atoms with Gasteiger partial charge in [-0.25, -0.2) is 9.37 Å². The molecule has 14 heteroatoms. The first-order valence-electron chi connectivity index (χ1n) is 14.4. The van der Waals surface area contributed by atoms with E-state index >= 15 is 0 Å². The van der Waals surface area contributed by atoms with Gasteiger partial charge in [-0.2, -0.15) is 0 Å². The molecule has 1 aliphatic heterocycles. The number of hydrogen-bond acceptors (Lipinski definition) is 8. The van der Waals surface area contributed by atoms with Crippen molar-refractivity contribution in [3.05, 3.63) is 41.0 Å². The fourth-order valence-electron chi connectivity index (χ4n) is 5.12. The van der Waals surface area contributed by atoms with Crippen molar-refractivity contribution in [1.29, 1.82) is 0 Å². The lowest BCUT2D eigenvalue weighted by atomic mass is 9.85. The summed E-state index contributed by atoms with van der Waals surface area (Å²) in [7, 11) is 0. The number of aryl methyl sites for hydroxylation is 1. The summed E-state index contributed by atoms with van der Waals surface area (Å²) in [6.45, 7) is 6.23. The number of nitrogens with zero attached hydrogens (tertiary/aromatic N) is 2. The number of β-amino-alcohol motifs (C(OH)–C–C–N with tert-alkyl or cyclic N) is 1. The number of likely N-dealkylation sites (tertiary alicyclic amines) is 1. The third-order valence-electron chi connectivity index (χ3n) is 7.81. The molecule has 0 bridgehead atoms. The molecule has 2 aliphatic rings. The molecule has 4 amide bonds. The highest BCUT2D eigenvalue weighted by atomic mass is 32.1. The molecule has 44 heavy (non-hydrogen) atoms. The van der Waals surface area contributed by atoms with Crippen LogP contribution in [-0.4, -0.2) is 86.6 Å². The van der Waals surface area contributed by atoms with Gasteiger partial charge in [-0.1, -0.05) is 45.0 Å². The number of aromatic nitrogens is 1. The number of alkyl halides is 1. The lowest BCUT2D eigenvalue weighted by Crippen LogP contribution is -2.59. The van der Waals surface area contributed by atoms with E-state index in [2.05, 4.69) is 20.9 Å². The number of aliphatic hydroxyl groups is 1. The van der Waals surface area contributed by atoms with Gasteiger partial charge in [-0.15, -0.1) is 11.3 Å². The summed E-state index contributed by atoms with van der Waals surface area (Å²) in [6, 6.07) is 3.94. The van der Waals surface area contributed by atoms with Crippen LogP contribution in [0, 0.1) is 12.3 Å². The van der Waals surface area contributed by atoms with E-state index in [1.54, 1.807) is 38.4 Å². The Morgan fingerprint density at radius 2 is 1.80 bits per heavy atom. The maximum Gasteiger partial charge on any atom is 0.322 e. The highest BCUT2D eigenvalue weighted by molar-refractivity contribution is 7.13. The second kappa shape index (κ2) is 13.0. The Morgan fingerprint density at radius 3 is 2.34 bits per heavy atom. The maximum absolute atomic E-state index is 14.5. The van der Waals surface area contributed by atoms with E-state index in [-0.39, 0.29) is 32.2 Å². The normalized spacial score (nSPS) is 20.4. The number of carboxylic acid groups (broad SMARTS) is 1. The van der Waals surface area contributed by atoms with Crippen molar-refractivity contribution in [2.45, 2.75) is 83.3 Å². The summed E-state index contributed by atoms with van der Waals surface area (Å²) in [4.78, 5) is 70.0. The Morgan fingerprint density at radius 1 is 1.14 bits per heavy atom. The predicted molar refractivity (Wildman–Crippen MR) is 159 cm³/mol. The van der Waals surface area contributed by atoms with Gasteiger partial charge < -0.3 is 31.1 Å². The molecule has 2 heterocycles. The predicted octanol–water partition coefficient (Wildman–Crippen LogP) is 1.86. The summed E-state index contributed by atoms with van der Waals surface area (Å²) >= 11 is 1.47. The molecule has 1 aromatic heterocycles. The van der Waals surface area contributed by atoms with Crippen LogP contribution in [0.4, 0.5) is 4.39 Å². The number of hydrogen-bond donors (Lipinski definition) is 5. The molecule has 4 atom stereocenters. The number of carboxylic acids is 1. The van der Waals surface area contributed by atoms with E-state index in [0.29, 0.717) is 5.56 Å². The second-order valence-electron chi connectivity index (χ2n) is 12.5. The SMILES string of the molecule is Cc1ncsc1-c1ccc([C@H](CC(=O)NCC(=O)O)NC(=O)[C@@H]2C[C@@H](O)CN2C(=O)[C@@H](NC(=O)C2(F)CC2)C(C)(C)C)cc1. The van der Waals surface area contributed by atoms with E-state index in [1.807, 2.05) is 19.1 Å². The maximum atomic E-state index is 14.5. The quantitative estimate of drug-likeness (QED) is 0.250. The van der Waals surface area contributed by atoms with E-state index in [0.717, 1.165) is 16.1 Å². The molecule has 0 spiro atoms. The average molecular weight is 632 g/mol. The second-order valence-corrected chi connectivity index (χ2v) is 13.3. The van der Waals surface area contributed by atoms with Crippen LogP contribution in [0.25, 0.3) is 10.4 Å². The van der Waals surface area contributed by atoms with E-state index < -0.39 is 71.5 Å². The number of benzene rings is 1. The van der Waals surface area contributed by atoms with E-state index in [9.17, 15) is 33.5 Å². The number of rotatable bonds is 11. The molecule has 0 radical (unpaired) electrons.